The Labute approximate surface area is 165 Å². The number of hydrogen-bond donors (Lipinski definition) is 1. The molecule has 0 spiro atoms. The second kappa shape index (κ2) is 7.81. The summed E-state index contributed by atoms with van der Waals surface area (Å²) in [5, 5.41) is 2.94. The third kappa shape index (κ3) is 3.98. The first kappa shape index (κ1) is 18.8. The molecule has 2 aliphatic rings. The quantitative estimate of drug-likeness (QED) is 0.863. The largest absolute Gasteiger partial charge is 0.339 e. The normalized spacial score (nSPS) is 20.3. The van der Waals surface area contributed by atoms with Crippen LogP contribution in [0, 0.1) is 12.8 Å². The molecular formula is C21H29N5O2. The zero-order valence-electron chi connectivity index (χ0n) is 16.7. The van der Waals surface area contributed by atoms with Gasteiger partial charge >= 0.3 is 6.03 Å². The Balaban J connectivity index is 1.28. The molecule has 0 radical (unpaired) electrons. The van der Waals surface area contributed by atoms with Gasteiger partial charge in [0, 0.05) is 50.9 Å². The molecule has 3 amide bonds. The molecule has 150 valence electrons. The van der Waals surface area contributed by atoms with Gasteiger partial charge in [0.1, 0.15) is 5.65 Å². The fraction of sp³-hybridized carbons (Fsp3) is 0.571. The fourth-order valence-corrected chi connectivity index (χ4v) is 4.49. The van der Waals surface area contributed by atoms with Crippen molar-refractivity contribution < 1.29 is 9.59 Å². The van der Waals surface area contributed by atoms with Crippen molar-refractivity contribution in [2.24, 2.45) is 5.92 Å². The number of aromatic nitrogens is 2. The molecule has 0 aromatic carbocycles. The summed E-state index contributed by atoms with van der Waals surface area (Å²) in [6.07, 6.45) is 9.18. The molecule has 1 aliphatic carbocycles. The number of fused-ring (bicyclic) bond motifs is 1. The van der Waals surface area contributed by atoms with Crippen LogP contribution in [0.4, 0.5) is 4.79 Å². The van der Waals surface area contributed by atoms with E-state index in [-0.39, 0.29) is 17.9 Å². The van der Waals surface area contributed by atoms with E-state index in [0.717, 1.165) is 36.3 Å². The lowest BCUT2D eigenvalue weighted by molar-refractivity contribution is -0.129. The summed E-state index contributed by atoms with van der Waals surface area (Å²) in [6, 6.07) is 4.35. The van der Waals surface area contributed by atoms with Crippen LogP contribution in [0.2, 0.25) is 0 Å². The number of rotatable bonds is 5. The standard InChI is InChI=1S/C21H29N5O2/c1-15-7-8-25-14-17(23-19(25)9-15)11-22-21(28)24(2)12-16-10-20(27)26(13-16)18-5-3-4-6-18/h7-9,14,16,18H,3-6,10-13H2,1-2H3,(H,22,28)/t16-/m1/s1. The Kier molecular flexibility index (Phi) is 5.24. The van der Waals surface area contributed by atoms with Crippen molar-refractivity contribution in [1.82, 2.24) is 24.5 Å². The first-order chi connectivity index (χ1) is 13.5. The molecule has 1 saturated carbocycles. The molecule has 1 aliphatic heterocycles. The minimum Gasteiger partial charge on any atom is -0.339 e. The first-order valence-corrected chi connectivity index (χ1v) is 10.2. The Hall–Kier alpha value is -2.57. The van der Waals surface area contributed by atoms with Gasteiger partial charge in [-0.25, -0.2) is 9.78 Å². The number of pyridine rings is 1. The third-order valence-corrected chi connectivity index (χ3v) is 5.97. The number of nitrogens with one attached hydrogen (secondary N) is 1. The molecule has 3 heterocycles. The lowest BCUT2D eigenvalue weighted by Gasteiger charge is -2.25. The van der Waals surface area contributed by atoms with Gasteiger partial charge in [-0.2, -0.15) is 0 Å². The molecule has 1 atom stereocenters. The highest BCUT2D eigenvalue weighted by Gasteiger charge is 2.36. The van der Waals surface area contributed by atoms with E-state index in [9.17, 15) is 9.59 Å². The van der Waals surface area contributed by atoms with E-state index in [4.69, 9.17) is 0 Å². The molecule has 28 heavy (non-hydrogen) atoms. The molecule has 0 bridgehead atoms. The number of nitrogens with zero attached hydrogens (tertiary/aromatic N) is 4. The first-order valence-electron chi connectivity index (χ1n) is 10.2. The monoisotopic (exact) mass is 383 g/mol. The summed E-state index contributed by atoms with van der Waals surface area (Å²) < 4.78 is 1.96. The molecule has 2 aromatic rings. The van der Waals surface area contributed by atoms with Crippen molar-refractivity contribution in [2.45, 2.75) is 51.6 Å². The Morgan fingerprint density at radius 2 is 2.14 bits per heavy atom. The predicted molar refractivity (Wildman–Crippen MR) is 107 cm³/mol. The van der Waals surface area contributed by atoms with E-state index in [2.05, 4.69) is 15.2 Å². The van der Waals surface area contributed by atoms with Gasteiger partial charge in [0.15, 0.2) is 0 Å². The van der Waals surface area contributed by atoms with Gasteiger partial charge in [-0.05, 0) is 37.5 Å². The molecule has 2 aromatic heterocycles. The van der Waals surface area contributed by atoms with Crippen LogP contribution in [0.5, 0.6) is 0 Å². The highest BCUT2D eigenvalue weighted by molar-refractivity contribution is 5.79. The van der Waals surface area contributed by atoms with Gasteiger partial charge in [0.25, 0.3) is 0 Å². The second-order valence-electron chi connectivity index (χ2n) is 8.30. The van der Waals surface area contributed by atoms with Gasteiger partial charge < -0.3 is 19.5 Å². The number of carbonyl (C=O) groups is 2. The van der Waals surface area contributed by atoms with Crippen LogP contribution in [-0.4, -0.2) is 57.3 Å². The number of carbonyl (C=O) groups excluding carboxylic acids is 2. The summed E-state index contributed by atoms with van der Waals surface area (Å²) in [4.78, 5) is 33.1. The molecule has 1 saturated heterocycles. The predicted octanol–water partition coefficient (Wildman–Crippen LogP) is 2.58. The second-order valence-corrected chi connectivity index (χ2v) is 8.30. The number of imidazole rings is 1. The minimum absolute atomic E-state index is 0.125. The van der Waals surface area contributed by atoms with Crippen molar-refractivity contribution in [1.29, 1.82) is 0 Å². The average Bonchev–Trinajstić information content (AvgIpc) is 3.38. The third-order valence-electron chi connectivity index (χ3n) is 5.97. The van der Waals surface area contributed by atoms with Crippen molar-refractivity contribution in [3.63, 3.8) is 0 Å². The number of urea groups is 1. The maximum atomic E-state index is 12.5. The van der Waals surface area contributed by atoms with Crippen molar-refractivity contribution in [2.75, 3.05) is 20.1 Å². The maximum Gasteiger partial charge on any atom is 0.317 e. The van der Waals surface area contributed by atoms with E-state index in [1.54, 1.807) is 11.9 Å². The molecule has 7 heteroatoms. The SMILES string of the molecule is Cc1ccn2cc(CNC(=O)N(C)C[C@H]3CC(=O)N(C4CCCC4)C3)nc2c1. The van der Waals surface area contributed by atoms with Crippen LogP contribution in [0.3, 0.4) is 0 Å². The summed E-state index contributed by atoms with van der Waals surface area (Å²) >= 11 is 0. The fourth-order valence-electron chi connectivity index (χ4n) is 4.49. The number of aryl methyl sites for hydroxylation is 1. The number of hydrogen-bond acceptors (Lipinski definition) is 3. The van der Waals surface area contributed by atoms with E-state index in [0.29, 0.717) is 25.6 Å². The van der Waals surface area contributed by atoms with Gasteiger partial charge in [-0.3, -0.25) is 4.79 Å². The van der Waals surface area contributed by atoms with Crippen molar-refractivity contribution in [3.05, 3.63) is 35.8 Å². The summed E-state index contributed by atoms with van der Waals surface area (Å²) in [5.41, 5.74) is 2.87. The topological polar surface area (TPSA) is 70.0 Å². The molecular weight excluding hydrogens is 354 g/mol. The molecule has 0 unspecified atom stereocenters. The summed E-state index contributed by atoms with van der Waals surface area (Å²) in [7, 11) is 1.80. The van der Waals surface area contributed by atoms with Gasteiger partial charge in [-0.15, -0.1) is 0 Å². The Morgan fingerprint density at radius 1 is 1.36 bits per heavy atom. The van der Waals surface area contributed by atoms with E-state index in [1.165, 1.54) is 12.8 Å². The van der Waals surface area contributed by atoms with E-state index < -0.39 is 0 Å². The number of amides is 3. The minimum atomic E-state index is -0.125. The van der Waals surface area contributed by atoms with Crippen molar-refractivity contribution in [3.8, 4) is 0 Å². The lowest BCUT2D eigenvalue weighted by Crippen LogP contribution is -2.40. The molecule has 4 rings (SSSR count). The highest BCUT2D eigenvalue weighted by atomic mass is 16.2. The van der Waals surface area contributed by atoms with Gasteiger partial charge in [0.05, 0.1) is 12.2 Å². The Bertz CT molecular complexity index is 871. The summed E-state index contributed by atoms with van der Waals surface area (Å²) in [5.74, 6) is 0.479. The average molecular weight is 383 g/mol. The summed E-state index contributed by atoms with van der Waals surface area (Å²) in [6.45, 7) is 3.81. The van der Waals surface area contributed by atoms with Crippen LogP contribution in [0.15, 0.2) is 24.5 Å². The van der Waals surface area contributed by atoms with Crippen LogP contribution in [-0.2, 0) is 11.3 Å². The van der Waals surface area contributed by atoms with Crippen LogP contribution in [0.1, 0.15) is 43.4 Å². The Morgan fingerprint density at radius 3 is 2.93 bits per heavy atom. The van der Waals surface area contributed by atoms with Gasteiger partial charge in [0.2, 0.25) is 5.91 Å². The zero-order chi connectivity index (χ0) is 19.7. The lowest BCUT2D eigenvalue weighted by atomic mass is 10.1. The molecule has 7 nitrogen and oxygen atoms in total. The van der Waals surface area contributed by atoms with Crippen LogP contribution < -0.4 is 5.32 Å². The molecule has 2 fully saturated rings. The van der Waals surface area contributed by atoms with E-state index in [1.807, 2.05) is 35.9 Å². The molecule has 1 N–H and O–H groups in total. The maximum absolute atomic E-state index is 12.5. The van der Waals surface area contributed by atoms with E-state index >= 15 is 0 Å². The van der Waals surface area contributed by atoms with Crippen LogP contribution in [0.25, 0.3) is 5.65 Å². The smallest absolute Gasteiger partial charge is 0.317 e. The van der Waals surface area contributed by atoms with Crippen LogP contribution >= 0.6 is 0 Å². The number of likely N-dealkylation sites (tertiary alicyclic amines) is 1. The van der Waals surface area contributed by atoms with Crippen molar-refractivity contribution >= 4 is 17.6 Å². The zero-order valence-corrected chi connectivity index (χ0v) is 16.7. The van der Waals surface area contributed by atoms with Gasteiger partial charge in [-0.1, -0.05) is 12.8 Å². The highest BCUT2D eigenvalue weighted by Crippen LogP contribution is 2.29.